The fourth-order valence-corrected chi connectivity index (χ4v) is 2.96. The van der Waals surface area contributed by atoms with Gasteiger partial charge in [0.1, 0.15) is 5.75 Å². The number of likely N-dealkylation sites (tertiary alicyclic amines) is 1. The smallest absolute Gasteiger partial charge is 0.257 e. The summed E-state index contributed by atoms with van der Waals surface area (Å²) in [5, 5.41) is 21.6. The van der Waals surface area contributed by atoms with Gasteiger partial charge in [-0.2, -0.15) is 0 Å². The maximum absolute atomic E-state index is 12.6. The van der Waals surface area contributed by atoms with E-state index in [2.05, 4.69) is 0 Å². The molecule has 2 N–H and O–H groups in total. The number of carbonyl (C=O) groups excluding carboxylic acids is 1. The summed E-state index contributed by atoms with van der Waals surface area (Å²) < 4.78 is 0. The first-order valence-electron chi connectivity index (χ1n) is 7.26. The van der Waals surface area contributed by atoms with Crippen LogP contribution < -0.4 is 0 Å². The zero-order valence-electron chi connectivity index (χ0n) is 12.0. The molecule has 1 aliphatic heterocycles. The van der Waals surface area contributed by atoms with Crippen molar-refractivity contribution in [3.05, 3.63) is 42.0 Å². The molecule has 110 valence electrons. The van der Waals surface area contributed by atoms with E-state index in [4.69, 9.17) is 0 Å². The second kappa shape index (κ2) is 5.37. The molecular formula is C17H19NO3. The number of hydrogen-bond donors (Lipinski definition) is 2. The summed E-state index contributed by atoms with van der Waals surface area (Å²) in [6, 6.07) is 11.0. The van der Waals surface area contributed by atoms with Crippen LogP contribution in [-0.2, 0) is 0 Å². The summed E-state index contributed by atoms with van der Waals surface area (Å²) in [6.45, 7) is 2.93. The van der Waals surface area contributed by atoms with E-state index >= 15 is 0 Å². The lowest BCUT2D eigenvalue weighted by molar-refractivity contribution is 0.0760. The Morgan fingerprint density at radius 2 is 2.05 bits per heavy atom. The number of benzene rings is 2. The molecule has 0 aromatic heterocycles. The molecule has 2 unspecified atom stereocenters. The second-order valence-electron chi connectivity index (χ2n) is 5.72. The Balaban J connectivity index is 1.90. The molecule has 1 amide bonds. The van der Waals surface area contributed by atoms with Crippen molar-refractivity contribution in [1.29, 1.82) is 0 Å². The number of phenols is 1. The van der Waals surface area contributed by atoms with Crippen LogP contribution >= 0.6 is 0 Å². The van der Waals surface area contributed by atoms with E-state index in [0.717, 1.165) is 11.8 Å². The summed E-state index contributed by atoms with van der Waals surface area (Å²) in [7, 11) is 0. The predicted octanol–water partition coefficient (Wildman–Crippen LogP) is 2.39. The van der Waals surface area contributed by atoms with Crippen molar-refractivity contribution < 1.29 is 15.0 Å². The molecule has 2 aromatic rings. The Kier molecular flexibility index (Phi) is 3.55. The first-order chi connectivity index (χ1) is 10.1. The summed E-state index contributed by atoms with van der Waals surface area (Å²) in [4.78, 5) is 14.3. The van der Waals surface area contributed by atoms with Crippen LogP contribution in [0.1, 0.15) is 23.7 Å². The van der Waals surface area contributed by atoms with Gasteiger partial charge in [-0.3, -0.25) is 4.79 Å². The summed E-state index contributed by atoms with van der Waals surface area (Å²) in [5.41, 5.74) is 0.333. The van der Waals surface area contributed by atoms with Crippen molar-refractivity contribution in [2.45, 2.75) is 19.4 Å². The molecule has 1 saturated heterocycles. The zero-order valence-corrected chi connectivity index (χ0v) is 12.0. The predicted molar refractivity (Wildman–Crippen MR) is 81.3 cm³/mol. The molecule has 0 bridgehead atoms. The molecule has 2 aromatic carbocycles. The van der Waals surface area contributed by atoms with Gasteiger partial charge in [-0.05, 0) is 24.8 Å². The lowest BCUT2D eigenvalue weighted by atomic mass is 10.0. The molecule has 1 heterocycles. The van der Waals surface area contributed by atoms with Crippen molar-refractivity contribution in [2.24, 2.45) is 5.92 Å². The lowest BCUT2D eigenvalue weighted by Crippen LogP contribution is -2.30. The van der Waals surface area contributed by atoms with Crippen molar-refractivity contribution in [1.82, 2.24) is 4.90 Å². The first-order valence-corrected chi connectivity index (χ1v) is 7.26. The Morgan fingerprint density at radius 3 is 2.76 bits per heavy atom. The highest BCUT2D eigenvalue weighted by Gasteiger charge is 2.30. The number of aliphatic hydroxyl groups is 1. The molecule has 0 saturated carbocycles. The van der Waals surface area contributed by atoms with E-state index in [1.54, 1.807) is 17.9 Å². The maximum Gasteiger partial charge on any atom is 0.257 e. The van der Waals surface area contributed by atoms with Gasteiger partial charge in [-0.15, -0.1) is 0 Å². The number of nitrogens with zero attached hydrogens (tertiary/aromatic N) is 1. The van der Waals surface area contributed by atoms with Gasteiger partial charge in [-0.1, -0.05) is 30.3 Å². The SMILES string of the molecule is CC(O)C1CCN(C(=O)c2ccc3ccccc3c2O)C1. The Labute approximate surface area is 123 Å². The third-order valence-corrected chi connectivity index (χ3v) is 4.33. The van der Waals surface area contributed by atoms with Crippen molar-refractivity contribution >= 4 is 16.7 Å². The number of hydrogen-bond acceptors (Lipinski definition) is 3. The normalized spacial score (nSPS) is 19.9. The Morgan fingerprint density at radius 1 is 1.29 bits per heavy atom. The van der Waals surface area contributed by atoms with Crippen LogP contribution in [0.3, 0.4) is 0 Å². The molecular weight excluding hydrogens is 266 g/mol. The fourth-order valence-electron chi connectivity index (χ4n) is 2.96. The number of aliphatic hydroxyl groups excluding tert-OH is 1. The van der Waals surface area contributed by atoms with Gasteiger partial charge in [0, 0.05) is 24.4 Å². The molecule has 3 rings (SSSR count). The Bertz CT molecular complexity index is 681. The topological polar surface area (TPSA) is 60.8 Å². The van der Waals surface area contributed by atoms with Gasteiger partial charge in [0.05, 0.1) is 11.7 Å². The highest BCUT2D eigenvalue weighted by atomic mass is 16.3. The number of fused-ring (bicyclic) bond motifs is 1. The number of amides is 1. The number of phenolic OH excluding ortho intramolecular Hbond substituents is 1. The molecule has 0 spiro atoms. The van der Waals surface area contributed by atoms with Crippen LogP contribution in [0.5, 0.6) is 5.75 Å². The standard InChI is InChI=1S/C17H19NO3/c1-11(19)13-8-9-18(10-13)17(21)15-7-6-12-4-2-3-5-14(12)16(15)20/h2-7,11,13,19-20H,8-10H2,1H3. The molecule has 4 nitrogen and oxygen atoms in total. The average Bonchev–Trinajstić information content (AvgIpc) is 2.97. The third kappa shape index (κ3) is 2.47. The zero-order chi connectivity index (χ0) is 15.0. The summed E-state index contributed by atoms with van der Waals surface area (Å²) in [5.74, 6) is -0.00320. The highest BCUT2D eigenvalue weighted by molar-refractivity contribution is 6.03. The van der Waals surface area contributed by atoms with Gasteiger partial charge >= 0.3 is 0 Å². The van der Waals surface area contributed by atoms with E-state index < -0.39 is 6.10 Å². The van der Waals surface area contributed by atoms with Crippen LogP contribution in [0, 0.1) is 5.92 Å². The van der Waals surface area contributed by atoms with Crippen LogP contribution in [0.2, 0.25) is 0 Å². The van der Waals surface area contributed by atoms with Gasteiger partial charge in [0.2, 0.25) is 0 Å². The molecule has 2 atom stereocenters. The van der Waals surface area contributed by atoms with E-state index in [1.807, 2.05) is 30.3 Å². The van der Waals surface area contributed by atoms with Gasteiger partial charge in [0.25, 0.3) is 5.91 Å². The maximum atomic E-state index is 12.6. The largest absolute Gasteiger partial charge is 0.506 e. The number of rotatable bonds is 2. The molecule has 0 aliphatic carbocycles. The van der Waals surface area contributed by atoms with Gasteiger partial charge in [-0.25, -0.2) is 0 Å². The van der Waals surface area contributed by atoms with Crippen molar-refractivity contribution in [2.75, 3.05) is 13.1 Å². The molecule has 0 radical (unpaired) electrons. The number of aromatic hydroxyl groups is 1. The molecule has 1 fully saturated rings. The monoisotopic (exact) mass is 285 g/mol. The third-order valence-electron chi connectivity index (χ3n) is 4.33. The van der Waals surface area contributed by atoms with Crippen LogP contribution in [0.4, 0.5) is 0 Å². The Hall–Kier alpha value is -2.07. The quantitative estimate of drug-likeness (QED) is 0.890. The molecule has 1 aliphatic rings. The van der Waals surface area contributed by atoms with Crippen molar-refractivity contribution in [3.63, 3.8) is 0 Å². The van der Waals surface area contributed by atoms with E-state index in [1.165, 1.54) is 0 Å². The molecule has 21 heavy (non-hydrogen) atoms. The second-order valence-corrected chi connectivity index (χ2v) is 5.72. The van der Waals surface area contributed by atoms with Crippen LogP contribution in [-0.4, -0.2) is 40.2 Å². The van der Waals surface area contributed by atoms with E-state index in [9.17, 15) is 15.0 Å². The minimum Gasteiger partial charge on any atom is -0.506 e. The fraction of sp³-hybridized carbons (Fsp3) is 0.353. The number of carbonyl (C=O) groups is 1. The minimum absolute atomic E-state index is 0.0404. The van der Waals surface area contributed by atoms with Crippen LogP contribution in [0.25, 0.3) is 10.8 Å². The molecule has 4 heteroatoms. The summed E-state index contributed by atoms with van der Waals surface area (Å²) in [6.07, 6.45) is 0.394. The van der Waals surface area contributed by atoms with Gasteiger partial charge < -0.3 is 15.1 Å². The van der Waals surface area contributed by atoms with E-state index in [-0.39, 0.29) is 17.6 Å². The minimum atomic E-state index is -0.409. The summed E-state index contributed by atoms with van der Waals surface area (Å²) >= 11 is 0. The first kappa shape index (κ1) is 13.9. The van der Waals surface area contributed by atoms with E-state index in [0.29, 0.717) is 24.0 Å². The van der Waals surface area contributed by atoms with Gasteiger partial charge in [0.15, 0.2) is 0 Å². The van der Waals surface area contributed by atoms with Crippen LogP contribution in [0.15, 0.2) is 36.4 Å². The average molecular weight is 285 g/mol. The lowest BCUT2D eigenvalue weighted by Gasteiger charge is -2.18. The highest BCUT2D eigenvalue weighted by Crippen LogP contribution is 2.31. The van der Waals surface area contributed by atoms with Crippen molar-refractivity contribution in [3.8, 4) is 5.75 Å².